The van der Waals surface area contributed by atoms with Crippen LogP contribution in [-0.2, 0) is 14.3 Å². The van der Waals surface area contributed by atoms with Gasteiger partial charge in [0.2, 0.25) is 0 Å². The highest BCUT2D eigenvalue weighted by atomic mass is 16.5. The first-order valence-corrected chi connectivity index (χ1v) is 7.21. The highest BCUT2D eigenvalue weighted by Crippen LogP contribution is 2.31. The van der Waals surface area contributed by atoms with Gasteiger partial charge in [0.25, 0.3) is 0 Å². The summed E-state index contributed by atoms with van der Waals surface area (Å²) in [4.78, 5) is 34.5. The van der Waals surface area contributed by atoms with E-state index < -0.39 is 17.7 Å². The van der Waals surface area contributed by atoms with E-state index in [4.69, 9.17) is 13.9 Å². The van der Waals surface area contributed by atoms with Crippen LogP contribution in [0.5, 0.6) is 5.75 Å². The van der Waals surface area contributed by atoms with Gasteiger partial charge in [0.05, 0.1) is 7.11 Å². The quantitative estimate of drug-likeness (QED) is 0.462. The number of methoxy groups -OCH3 is 1. The monoisotopic (exact) mass is 318 g/mol. The zero-order valence-corrected chi connectivity index (χ0v) is 13.2. The third-order valence-electron chi connectivity index (χ3n) is 3.24. The second-order valence-corrected chi connectivity index (χ2v) is 5.53. The van der Waals surface area contributed by atoms with Crippen molar-refractivity contribution in [3.8, 4) is 5.75 Å². The van der Waals surface area contributed by atoms with E-state index in [1.165, 1.54) is 19.2 Å². The lowest BCUT2D eigenvalue weighted by Gasteiger charge is -2.16. The number of carbonyl (C=O) groups excluding carboxylic acids is 2. The maximum atomic E-state index is 11.8. The first kappa shape index (κ1) is 16.7. The summed E-state index contributed by atoms with van der Waals surface area (Å²) in [6.45, 7) is 3.77. The van der Waals surface area contributed by atoms with Gasteiger partial charge in [-0.05, 0) is 18.1 Å². The van der Waals surface area contributed by atoms with Crippen molar-refractivity contribution in [3.63, 3.8) is 0 Å². The number of carbonyl (C=O) groups is 2. The van der Waals surface area contributed by atoms with E-state index in [1.807, 2.05) is 13.8 Å². The van der Waals surface area contributed by atoms with Crippen LogP contribution in [0.15, 0.2) is 33.5 Å². The molecular formula is C17H18O6. The van der Waals surface area contributed by atoms with Crippen LogP contribution in [0.4, 0.5) is 0 Å². The molecule has 0 aliphatic heterocycles. The lowest BCUT2D eigenvalue weighted by molar-refractivity contribution is -0.153. The third-order valence-corrected chi connectivity index (χ3v) is 3.24. The Labute approximate surface area is 133 Å². The molecule has 6 heteroatoms. The second kappa shape index (κ2) is 7.09. The fourth-order valence-electron chi connectivity index (χ4n) is 2.20. The smallest absolute Gasteiger partial charge is 0.336 e. The van der Waals surface area contributed by atoms with E-state index in [2.05, 4.69) is 0 Å². The van der Waals surface area contributed by atoms with E-state index in [1.54, 1.807) is 12.1 Å². The summed E-state index contributed by atoms with van der Waals surface area (Å²) < 4.78 is 15.5. The minimum absolute atomic E-state index is 0.127. The van der Waals surface area contributed by atoms with Gasteiger partial charge in [0.1, 0.15) is 11.3 Å². The minimum Gasteiger partial charge on any atom is -0.496 e. The van der Waals surface area contributed by atoms with Crippen molar-refractivity contribution in [3.05, 3.63) is 40.2 Å². The van der Waals surface area contributed by atoms with E-state index in [9.17, 15) is 14.4 Å². The molecule has 0 amide bonds. The molecule has 0 N–H and O–H groups in total. The average molecular weight is 318 g/mol. The van der Waals surface area contributed by atoms with Gasteiger partial charge in [0, 0.05) is 29.5 Å². The first-order valence-electron chi connectivity index (χ1n) is 7.21. The Kier molecular flexibility index (Phi) is 5.16. The van der Waals surface area contributed by atoms with E-state index in [0.717, 1.165) is 0 Å². The maximum Gasteiger partial charge on any atom is 0.336 e. The molecule has 0 spiro atoms. The molecule has 1 aromatic carbocycles. The second-order valence-electron chi connectivity index (χ2n) is 5.53. The number of ether oxygens (including phenoxy) is 2. The predicted molar refractivity (Wildman–Crippen MR) is 83.4 cm³/mol. The standard InChI is InChI=1S/C17H18O6/c1-10(2)6-17(20)23-15(9-18)12-7-11-4-5-16(19)22-13(11)8-14(12)21-3/h4-5,7-10,15H,6H2,1-3H3/t15-/m0/s1. The zero-order valence-electron chi connectivity index (χ0n) is 13.2. The fourth-order valence-corrected chi connectivity index (χ4v) is 2.20. The fraction of sp³-hybridized carbons (Fsp3) is 0.353. The van der Waals surface area contributed by atoms with Gasteiger partial charge in [-0.15, -0.1) is 0 Å². The largest absolute Gasteiger partial charge is 0.496 e. The number of hydrogen-bond donors (Lipinski definition) is 0. The van der Waals surface area contributed by atoms with Gasteiger partial charge in [0.15, 0.2) is 12.4 Å². The zero-order chi connectivity index (χ0) is 17.0. The number of hydrogen-bond acceptors (Lipinski definition) is 6. The van der Waals surface area contributed by atoms with Crippen LogP contribution in [0.3, 0.4) is 0 Å². The van der Waals surface area contributed by atoms with Crippen molar-refractivity contribution in [1.82, 2.24) is 0 Å². The summed E-state index contributed by atoms with van der Waals surface area (Å²) in [6, 6.07) is 5.96. The molecule has 1 aromatic heterocycles. The molecule has 0 aliphatic rings. The molecule has 23 heavy (non-hydrogen) atoms. The Balaban J connectivity index is 2.42. The maximum absolute atomic E-state index is 11.8. The van der Waals surface area contributed by atoms with Crippen molar-refractivity contribution < 1.29 is 23.5 Å². The molecule has 122 valence electrons. The predicted octanol–water partition coefficient (Wildman–Crippen LogP) is 2.63. The summed E-state index contributed by atoms with van der Waals surface area (Å²) in [5.41, 5.74) is 0.250. The van der Waals surface area contributed by atoms with E-state index in [-0.39, 0.29) is 12.3 Å². The number of aldehydes is 1. The molecule has 0 saturated heterocycles. The van der Waals surface area contributed by atoms with Gasteiger partial charge in [-0.3, -0.25) is 9.59 Å². The van der Waals surface area contributed by atoms with Crippen molar-refractivity contribution >= 4 is 23.2 Å². The van der Waals surface area contributed by atoms with Crippen LogP contribution in [0.1, 0.15) is 31.9 Å². The summed E-state index contributed by atoms with van der Waals surface area (Å²) in [6.07, 6.45) is -0.316. The highest BCUT2D eigenvalue weighted by Gasteiger charge is 2.21. The van der Waals surface area contributed by atoms with Gasteiger partial charge in [-0.2, -0.15) is 0 Å². The Hall–Kier alpha value is -2.63. The van der Waals surface area contributed by atoms with Gasteiger partial charge in [-0.25, -0.2) is 4.79 Å². The Morgan fingerprint density at radius 1 is 1.30 bits per heavy atom. The van der Waals surface area contributed by atoms with Crippen LogP contribution in [0, 0.1) is 5.92 Å². The van der Waals surface area contributed by atoms with Crippen molar-refractivity contribution in [2.75, 3.05) is 7.11 Å². The molecule has 0 bridgehead atoms. The Morgan fingerprint density at radius 3 is 2.65 bits per heavy atom. The minimum atomic E-state index is -1.08. The van der Waals surface area contributed by atoms with E-state index in [0.29, 0.717) is 28.6 Å². The van der Waals surface area contributed by atoms with Gasteiger partial charge in [-0.1, -0.05) is 13.8 Å². The number of benzene rings is 1. The van der Waals surface area contributed by atoms with E-state index >= 15 is 0 Å². The van der Waals surface area contributed by atoms with Crippen LogP contribution in [0.25, 0.3) is 11.0 Å². The molecule has 2 rings (SSSR count). The summed E-state index contributed by atoms with van der Waals surface area (Å²) >= 11 is 0. The molecule has 1 atom stereocenters. The van der Waals surface area contributed by atoms with Gasteiger partial charge >= 0.3 is 11.6 Å². The number of rotatable bonds is 6. The van der Waals surface area contributed by atoms with Crippen LogP contribution >= 0.6 is 0 Å². The highest BCUT2D eigenvalue weighted by molar-refractivity contribution is 5.82. The Morgan fingerprint density at radius 2 is 2.04 bits per heavy atom. The molecular weight excluding hydrogens is 300 g/mol. The summed E-state index contributed by atoms with van der Waals surface area (Å²) in [5, 5.41) is 0.604. The third kappa shape index (κ3) is 3.97. The Bertz CT molecular complexity index is 774. The molecule has 0 fully saturated rings. The SMILES string of the molecule is COc1cc2oc(=O)ccc2cc1[C@H](C=O)OC(=O)CC(C)C. The molecule has 0 unspecified atom stereocenters. The van der Waals surface area contributed by atoms with Gasteiger partial charge < -0.3 is 13.9 Å². The van der Waals surface area contributed by atoms with Crippen LogP contribution in [0.2, 0.25) is 0 Å². The topological polar surface area (TPSA) is 82.8 Å². The van der Waals surface area contributed by atoms with Crippen molar-refractivity contribution in [2.45, 2.75) is 26.4 Å². The van der Waals surface area contributed by atoms with Crippen molar-refractivity contribution in [2.24, 2.45) is 5.92 Å². The number of esters is 1. The van der Waals surface area contributed by atoms with Crippen LogP contribution in [-0.4, -0.2) is 19.4 Å². The van der Waals surface area contributed by atoms with Crippen LogP contribution < -0.4 is 10.4 Å². The number of fused-ring (bicyclic) bond motifs is 1. The summed E-state index contributed by atoms with van der Waals surface area (Å²) in [5.74, 6) is -0.0253. The normalized spacial score (nSPS) is 12.2. The molecule has 0 radical (unpaired) electrons. The summed E-state index contributed by atoms with van der Waals surface area (Å²) in [7, 11) is 1.42. The molecule has 0 aliphatic carbocycles. The van der Waals surface area contributed by atoms with Crippen molar-refractivity contribution in [1.29, 1.82) is 0 Å². The molecule has 2 aromatic rings. The molecule has 6 nitrogen and oxygen atoms in total. The lowest BCUT2D eigenvalue weighted by atomic mass is 10.1. The molecule has 1 heterocycles. The average Bonchev–Trinajstić information content (AvgIpc) is 2.50. The molecule has 0 saturated carbocycles. The lowest BCUT2D eigenvalue weighted by Crippen LogP contribution is -2.15. The first-order chi connectivity index (χ1) is 10.9.